The molecular weight excluding hydrogens is 236 g/mol. The van der Waals surface area contributed by atoms with E-state index in [1.807, 2.05) is 0 Å². The van der Waals surface area contributed by atoms with Crippen LogP contribution in [0.25, 0.3) is 0 Å². The molecule has 0 bridgehead atoms. The van der Waals surface area contributed by atoms with E-state index in [1.54, 1.807) is 6.20 Å². The molecule has 1 aromatic rings. The summed E-state index contributed by atoms with van der Waals surface area (Å²) in [5.74, 6) is 0. The van der Waals surface area contributed by atoms with Crippen LogP contribution in [0.3, 0.4) is 0 Å². The Morgan fingerprint density at radius 1 is 1.75 bits per heavy atom. The molecule has 8 heavy (non-hydrogen) atoms. The third kappa shape index (κ3) is 1.11. The van der Waals surface area contributed by atoms with Crippen molar-refractivity contribution in [1.82, 2.24) is 10.2 Å². The third-order valence-electron chi connectivity index (χ3n) is 0.799. The third-order valence-corrected chi connectivity index (χ3v) is 2.04. The molecule has 0 aliphatic carbocycles. The lowest BCUT2D eigenvalue weighted by Gasteiger charge is -1.83. The van der Waals surface area contributed by atoms with Gasteiger partial charge in [-0.25, -0.2) is 0 Å². The van der Waals surface area contributed by atoms with Crippen molar-refractivity contribution in [2.75, 3.05) is 0 Å². The van der Waals surface area contributed by atoms with Crippen LogP contribution in [0, 0.1) is 0 Å². The number of aromatic amines is 1. The number of rotatable bonds is 1. The number of H-pyrrole nitrogens is 1. The van der Waals surface area contributed by atoms with E-state index in [4.69, 9.17) is 0 Å². The molecule has 0 spiro atoms. The van der Waals surface area contributed by atoms with Crippen LogP contribution >= 0.6 is 31.9 Å². The van der Waals surface area contributed by atoms with Gasteiger partial charge in [0.25, 0.3) is 0 Å². The fourth-order valence-corrected chi connectivity index (χ4v) is 1.53. The smallest absolute Gasteiger partial charge is 0.0632 e. The first-order valence-corrected chi connectivity index (χ1v) is 3.99. The molecule has 2 nitrogen and oxygen atoms in total. The van der Waals surface area contributed by atoms with Gasteiger partial charge < -0.3 is 0 Å². The lowest BCUT2D eigenvalue weighted by molar-refractivity contribution is 1.04. The van der Waals surface area contributed by atoms with Crippen LogP contribution in [0.4, 0.5) is 0 Å². The van der Waals surface area contributed by atoms with E-state index in [2.05, 4.69) is 42.1 Å². The highest BCUT2D eigenvalue weighted by Gasteiger charge is 1.96. The number of hydrogen-bond donors (Lipinski definition) is 1. The zero-order valence-electron chi connectivity index (χ0n) is 3.99. The zero-order valence-corrected chi connectivity index (χ0v) is 7.16. The van der Waals surface area contributed by atoms with Crippen LogP contribution in [0.1, 0.15) is 5.69 Å². The Bertz CT molecular complexity index is 172. The zero-order chi connectivity index (χ0) is 5.98. The minimum Gasteiger partial charge on any atom is -0.281 e. The Hall–Kier alpha value is 0.170. The number of halogens is 2. The van der Waals surface area contributed by atoms with Gasteiger partial charge in [0.1, 0.15) is 0 Å². The lowest BCUT2D eigenvalue weighted by Crippen LogP contribution is -1.75. The minimum atomic E-state index is 0.813. The van der Waals surface area contributed by atoms with Crippen LogP contribution in [0.5, 0.6) is 0 Å². The Morgan fingerprint density at radius 2 is 2.50 bits per heavy atom. The largest absolute Gasteiger partial charge is 0.281 e. The summed E-state index contributed by atoms with van der Waals surface area (Å²) in [5.41, 5.74) is 1.07. The second-order valence-corrected chi connectivity index (χ2v) is 2.75. The van der Waals surface area contributed by atoms with Gasteiger partial charge in [0.15, 0.2) is 0 Å². The second kappa shape index (κ2) is 2.64. The number of nitrogens with one attached hydrogen (secondary N) is 1. The summed E-state index contributed by atoms with van der Waals surface area (Å²) >= 11 is 6.59. The summed E-state index contributed by atoms with van der Waals surface area (Å²) in [4.78, 5) is 0. The predicted octanol–water partition coefficient (Wildman–Crippen LogP) is 2.07. The molecule has 1 heterocycles. The first kappa shape index (κ1) is 6.29. The van der Waals surface area contributed by atoms with Crippen molar-refractivity contribution in [3.63, 3.8) is 0 Å². The number of alkyl halides is 1. The molecule has 44 valence electrons. The molecular formula is C4H4Br2N2. The Morgan fingerprint density at radius 3 is 2.75 bits per heavy atom. The Kier molecular flexibility index (Phi) is 2.08. The van der Waals surface area contributed by atoms with Gasteiger partial charge in [-0.2, -0.15) is 5.10 Å². The van der Waals surface area contributed by atoms with Crippen molar-refractivity contribution < 1.29 is 0 Å². The number of aromatic nitrogens is 2. The molecule has 4 heteroatoms. The molecule has 1 N–H and O–H groups in total. The van der Waals surface area contributed by atoms with Crippen LogP contribution in [0.2, 0.25) is 0 Å². The molecule has 0 aliphatic rings. The van der Waals surface area contributed by atoms with E-state index in [1.165, 1.54) is 0 Å². The molecule has 0 fully saturated rings. The van der Waals surface area contributed by atoms with Gasteiger partial charge >= 0.3 is 0 Å². The first-order valence-electron chi connectivity index (χ1n) is 2.08. The summed E-state index contributed by atoms with van der Waals surface area (Å²) in [5, 5.41) is 7.42. The van der Waals surface area contributed by atoms with Crippen LogP contribution in [-0.4, -0.2) is 10.2 Å². The maximum Gasteiger partial charge on any atom is 0.0632 e. The van der Waals surface area contributed by atoms with E-state index in [0.717, 1.165) is 15.5 Å². The molecule has 0 radical (unpaired) electrons. The summed E-state index contributed by atoms with van der Waals surface area (Å²) in [6.07, 6.45) is 1.73. The van der Waals surface area contributed by atoms with Crippen molar-refractivity contribution in [3.8, 4) is 0 Å². The van der Waals surface area contributed by atoms with Gasteiger partial charge in [0.05, 0.1) is 16.4 Å². The average molecular weight is 240 g/mol. The topological polar surface area (TPSA) is 28.7 Å². The number of hydrogen-bond acceptors (Lipinski definition) is 1. The summed E-state index contributed by atoms with van der Waals surface area (Å²) in [6, 6.07) is 0. The van der Waals surface area contributed by atoms with Crippen LogP contribution in [-0.2, 0) is 5.33 Å². The molecule has 1 rings (SSSR count). The van der Waals surface area contributed by atoms with E-state index in [9.17, 15) is 0 Å². The highest BCUT2D eigenvalue weighted by Crippen LogP contribution is 2.14. The second-order valence-electron chi connectivity index (χ2n) is 1.33. The average Bonchev–Trinajstić information content (AvgIpc) is 2.14. The van der Waals surface area contributed by atoms with Gasteiger partial charge in [-0.3, -0.25) is 5.10 Å². The summed E-state index contributed by atoms with van der Waals surface area (Å²) in [6.45, 7) is 0. The van der Waals surface area contributed by atoms with E-state index in [0.29, 0.717) is 0 Å². The highest BCUT2D eigenvalue weighted by molar-refractivity contribution is 9.10. The van der Waals surface area contributed by atoms with Crippen molar-refractivity contribution in [3.05, 3.63) is 16.4 Å². The summed E-state index contributed by atoms with van der Waals surface area (Å²) in [7, 11) is 0. The van der Waals surface area contributed by atoms with Gasteiger partial charge in [-0.05, 0) is 15.9 Å². The van der Waals surface area contributed by atoms with Crippen molar-refractivity contribution >= 4 is 31.9 Å². The highest BCUT2D eigenvalue weighted by atomic mass is 79.9. The first-order chi connectivity index (χ1) is 3.84. The molecule has 0 amide bonds. The SMILES string of the molecule is BrCc1[nH]ncc1Br. The standard InChI is InChI=1S/C4H4Br2N2/c5-1-4-3(6)2-7-8-4/h2H,1H2,(H,7,8). The number of nitrogens with zero attached hydrogens (tertiary/aromatic N) is 1. The van der Waals surface area contributed by atoms with Gasteiger partial charge in [-0.15, -0.1) is 0 Å². The predicted molar refractivity (Wildman–Crippen MR) is 38.9 cm³/mol. The maximum absolute atomic E-state index is 3.79. The summed E-state index contributed by atoms with van der Waals surface area (Å²) < 4.78 is 1.02. The normalized spacial score (nSPS) is 9.75. The molecule has 0 saturated carbocycles. The minimum absolute atomic E-state index is 0.813. The lowest BCUT2D eigenvalue weighted by atomic mass is 10.5. The van der Waals surface area contributed by atoms with E-state index < -0.39 is 0 Å². The molecule has 1 aromatic heterocycles. The molecule has 0 aliphatic heterocycles. The van der Waals surface area contributed by atoms with Gasteiger partial charge in [0.2, 0.25) is 0 Å². The quantitative estimate of drug-likeness (QED) is 0.747. The van der Waals surface area contributed by atoms with Crippen LogP contribution in [0.15, 0.2) is 10.7 Å². The monoisotopic (exact) mass is 238 g/mol. The molecule has 0 atom stereocenters. The van der Waals surface area contributed by atoms with Crippen LogP contribution < -0.4 is 0 Å². The van der Waals surface area contributed by atoms with E-state index in [-0.39, 0.29) is 0 Å². The van der Waals surface area contributed by atoms with Gasteiger partial charge in [-0.1, -0.05) is 15.9 Å². The molecule has 0 unspecified atom stereocenters. The van der Waals surface area contributed by atoms with Gasteiger partial charge in [0, 0.05) is 5.33 Å². The Balaban J connectivity index is 2.92. The van der Waals surface area contributed by atoms with Crippen molar-refractivity contribution in [1.29, 1.82) is 0 Å². The fourth-order valence-electron chi connectivity index (χ4n) is 0.392. The maximum atomic E-state index is 3.79. The molecule has 0 aromatic carbocycles. The van der Waals surface area contributed by atoms with E-state index >= 15 is 0 Å². The van der Waals surface area contributed by atoms with Crippen molar-refractivity contribution in [2.24, 2.45) is 0 Å². The Labute approximate surface area is 63.9 Å². The fraction of sp³-hybridized carbons (Fsp3) is 0.250. The molecule has 0 saturated heterocycles. The van der Waals surface area contributed by atoms with Crippen molar-refractivity contribution in [2.45, 2.75) is 5.33 Å².